The van der Waals surface area contributed by atoms with Crippen molar-refractivity contribution < 1.29 is 13.2 Å². The Hall–Kier alpha value is -1.11. The molecule has 2 saturated carbocycles. The summed E-state index contributed by atoms with van der Waals surface area (Å²) < 4.78 is 27.8. The number of hydrogen-bond acceptors (Lipinski definition) is 3. The van der Waals surface area contributed by atoms with Gasteiger partial charge in [0.15, 0.2) is 0 Å². The van der Waals surface area contributed by atoms with Crippen molar-refractivity contribution in [3.8, 4) is 0 Å². The molecule has 3 rings (SSSR count). The predicted molar refractivity (Wildman–Crippen MR) is 85.3 cm³/mol. The van der Waals surface area contributed by atoms with Crippen molar-refractivity contribution in [1.82, 2.24) is 4.72 Å². The molecule has 5 nitrogen and oxygen atoms in total. The second-order valence-electron chi connectivity index (χ2n) is 6.23. The highest BCUT2D eigenvalue weighted by molar-refractivity contribution is 7.89. The molecule has 1 aromatic rings. The molecule has 1 amide bonds. The van der Waals surface area contributed by atoms with Crippen molar-refractivity contribution in [3.05, 3.63) is 23.2 Å². The third-order valence-electron chi connectivity index (χ3n) is 4.61. The van der Waals surface area contributed by atoms with E-state index in [0.717, 1.165) is 19.3 Å². The van der Waals surface area contributed by atoms with Gasteiger partial charge in [-0.25, -0.2) is 13.1 Å². The summed E-state index contributed by atoms with van der Waals surface area (Å²) in [7, 11) is -3.58. The number of amides is 1. The summed E-state index contributed by atoms with van der Waals surface area (Å²) in [4.78, 5) is 11.2. The fourth-order valence-electron chi connectivity index (χ4n) is 3.61. The van der Waals surface area contributed by atoms with Gasteiger partial charge in [-0.3, -0.25) is 4.79 Å². The first-order chi connectivity index (χ1) is 10.3. The molecule has 2 bridgehead atoms. The van der Waals surface area contributed by atoms with E-state index < -0.39 is 10.0 Å². The first-order valence-corrected chi connectivity index (χ1v) is 9.31. The number of fused-ring (bicyclic) bond motifs is 2. The Morgan fingerprint density at radius 2 is 2.05 bits per heavy atom. The summed E-state index contributed by atoms with van der Waals surface area (Å²) in [6, 6.07) is 4.39. The van der Waals surface area contributed by atoms with Crippen LogP contribution in [-0.4, -0.2) is 20.4 Å². The molecular formula is C15H19ClN2O3S. The van der Waals surface area contributed by atoms with Gasteiger partial charge in [0.05, 0.1) is 15.6 Å². The summed E-state index contributed by atoms with van der Waals surface area (Å²) in [5.74, 6) is 0.884. The summed E-state index contributed by atoms with van der Waals surface area (Å²) in [5, 5.41) is 2.77. The molecule has 0 unspecified atom stereocenters. The molecule has 0 aromatic heterocycles. The number of halogens is 1. The van der Waals surface area contributed by atoms with Crippen LogP contribution in [0, 0.1) is 11.8 Å². The van der Waals surface area contributed by atoms with E-state index in [-0.39, 0.29) is 21.9 Å². The molecule has 22 heavy (non-hydrogen) atoms. The number of anilines is 1. The van der Waals surface area contributed by atoms with Gasteiger partial charge in [-0.2, -0.15) is 0 Å². The largest absolute Gasteiger partial charge is 0.325 e. The standard InChI is InChI=1S/C15H19ClN2O3S/c1-9(19)17-14-5-4-12(8-13(14)16)22(20,21)18-15-7-10-2-3-11(15)6-10/h4-5,8,10-11,15,18H,2-3,6-7H2,1H3,(H,17,19)/t10-,11-,15-/m0/s1. The van der Waals surface area contributed by atoms with Crippen LogP contribution in [0.25, 0.3) is 0 Å². The highest BCUT2D eigenvalue weighted by Gasteiger charge is 2.41. The van der Waals surface area contributed by atoms with Gasteiger partial charge in [-0.1, -0.05) is 18.0 Å². The maximum Gasteiger partial charge on any atom is 0.240 e. The monoisotopic (exact) mass is 342 g/mol. The second-order valence-corrected chi connectivity index (χ2v) is 8.35. The van der Waals surface area contributed by atoms with Gasteiger partial charge < -0.3 is 5.32 Å². The number of carbonyl (C=O) groups excluding carboxylic acids is 1. The van der Waals surface area contributed by atoms with Crippen LogP contribution in [0.15, 0.2) is 23.1 Å². The Bertz CT molecular complexity index is 705. The minimum Gasteiger partial charge on any atom is -0.325 e. The number of benzene rings is 1. The minimum absolute atomic E-state index is 0.0394. The van der Waals surface area contributed by atoms with Crippen molar-refractivity contribution in [2.45, 2.75) is 43.5 Å². The summed E-state index contributed by atoms with van der Waals surface area (Å²) in [6.45, 7) is 1.37. The molecule has 2 aliphatic carbocycles. The van der Waals surface area contributed by atoms with E-state index in [4.69, 9.17) is 11.6 Å². The molecule has 120 valence electrons. The second kappa shape index (κ2) is 5.83. The maximum atomic E-state index is 12.5. The average Bonchev–Trinajstić information content (AvgIpc) is 3.02. The zero-order valence-corrected chi connectivity index (χ0v) is 13.9. The van der Waals surface area contributed by atoms with Gasteiger partial charge >= 0.3 is 0 Å². The number of nitrogens with one attached hydrogen (secondary N) is 2. The van der Waals surface area contributed by atoms with E-state index in [1.807, 2.05) is 0 Å². The highest BCUT2D eigenvalue weighted by Crippen LogP contribution is 2.44. The SMILES string of the molecule is CC(=O)Nc1ccc(S(=O)(=O)N[C@H]2C[C@H]3CC[C@H]2C3)cc1Cl. The topological polar surface area (TPSA) is 75.3 Å². The fourth-order valence-corrected chi connectivity index (χ4v) is 5.25. The molecule has 0 saturated heterocycles. The van der Waals surface area contributed by atoms with Gasteiger partial charge in [0.25, 0.3) is 0 Å². The Labute approximate surface area is 135 Å². The lowest BCUT2D eigenvalue weighted by molar-refractivity contribution is -0.114. The van der Waals surface area contributed by atoms with Crippen LogP contribution in [0.1, 0.15) is 32.6 Å². The highest BCUT2D eigenvalue weighted by atomic mass is 35.5. The average molecular weight is 343 g/mol. The normalized spacial score (nSPS) is 27.1. The van der Waals surface area contributed by atoms with E-state index in [1.54, 1.807) is 0 Å². The van der Waals surface area contributed by atoms with E-state index in [1.165, 1.54) is 31.5 Å². The Kier molecular flexibility index (Phi) is 4.18. The van der Waals surface area contributed by atoms with Crippen LogP contribution < -0.4 is 10.0 Å². The van der Waals surface area contributed by atoms with E-state index >= 15 is 0 Å². The van der Waals surface area contributed by atoms with Crippen LogP contribution in [0.5, 0.6) is 0 Å². The third kappa shape index (κ3) is 3.14. The molecule has 2 N–H and O–H groups in total. The molecule has 2 fully saturated rings. The van der Waals surface area contributed by atoms with Crippen LogP contribution in [0.2, 0.25) is 5.02 Å². The summed E-state index contributed by atoms with van der Waals surface area (Å²) in [6.07, 6.45) is 4.40. The summed E-state index contributed by atoms with van der Waals surface area (Å²) in [5.41, 5.74) is 0.410. The zero-order chi connectivity index (χ0) is 15.9. The van der Waals surface area contributed by atoms with Crippen molar-refractivity contribution >= 4 is 33.2 Å². The van der Waals surface area contributed by atoms with Gasteiger partial charge in [0.1, 0.15) is 0 Å². The molecule has 3 atom stereocenters. The molecule has 0 radical (unpaired) electrons. The molecular weight excluding hydrogens is 324 g/mol. The maximum absolute atomic E-state index is 12.5. The quantitative estimate of drug-likeness (QED) is 0.883. The van der Waals surface area contributed by atoms with Gasteiger partial charge in [0.2, 0.25) is 15.9 Å². The van der Waals surface area contributed by atoms with E-state index in [2.05, 4.69) is 10.0 Å². The molecule has 0 aliphatic heterocycles. The number of hydrogen-bond donors (Lipinski definition) is 2. The van der Waals surface area contributed by atoms with Crippen molar-refractivity contribution in [2.75, 3.05) is 5.32 Å². The van der Waals surface area contributed by atoms with Crippen molar-refractivity contribution in [1.29, 1.82) is 0 Å². The Morgan fingerprint density at radius 1 is 1.27 bits per heavy atom. The lowest BCUT2D eigenvalue weighted by Gasteiger charge is -2.22. The van der Waals surface area contributed by atoms with Crippen LogP contribution in [0.4, 0.5) is 5.69 Å². The lowest BCUT2D eigenvalue weighted by Crippen LogP contribution is -2.38. The molecule has 2 aliphatic rings. The van der Waals surface area contributed by atoms with Gasteiger partial charge in [-0.15, -0.1) is 0 Å². The van der Waals surface area contributed by atoms with Crippen molar-refractivity contribution in [3.63, 3.8) is 0 Å². The molecule has 7 heteroatoms. The van der Waals surface area contributed by atoms with Crippen LogP contribution >= 0.6 is 11.6 Å². The fraction of sp³-hybridized carbons (Fsp3) is 0.533. The summed E-state index contributed by atoms with van der Waals surface area (Å²) >= 11 is 6.05. The Morgan fingerprint density at radius 3 is 2.59 bits per heavy atom. The van der Waals surface area contributed by atoms with Gasteiger partial charge in [-0.05, 0) is 49.3 Å². The smallest absolute Gasteiger partial charge is 0.240 e. The van der Waals surface area contributed by atoms with Crippen LogP contribution in [-0.2, 0) is 14.8 Å². The third-order valence-corrected chi connectivity index (χ3v) is 6.41. The molecule has 1 aromatic carbocycles. The Balaban J connectivity index is 1.77. The lowest BCUT2D eigenvalue weighted by atomic mass is 9.96. The minimum atomic E-state index is -3.58. The first kappa shape index (κ1) is 15.8. The van der Waals surface area contributed by atoms with E-state index in [9.17, 15) is 13.2 Å². The number of rotatable bonds is 4. The van der Waals surface area contributed by atoms with E-state index in [0.29, 0.717) is 17.5 Å². The van der Waals surface area contributed by atoms with Crippen LogP contribution in [0.3, 0.4) is 0 Å². The number of sulfonamides is 1. The van der Waals surface area contributed by atoms with Crippen molar-refractivity contribution in [2.24, 2.45) is 11.8 Å². The molecule has 0 spiro atoms. The predicted octanol–water partition coefficient (Wildman–Crippen LogP) is 2.77. The first-order valence-electron chi connectivity index (χ1n) is 7.44. The number of carbonyl (C=O) groups is 1. The molecule has 0 heterocycles. The zero-order valence-electron chi connectivity index (χ0n) is 12.3. The van der Waals surface area contributed by atoms with Gasteiger partial charge in [0, 0.05) is 13.0 Å².